The normalized spacial score (nSPS) is 15.6. The molecular formula is C27H32F3N5O5S. The van der Waals surface area contributed by atoms with Gasteiger partial charge in [-0.3, -0.25) is 9.78 Å². The average Bonchev–Trinajstić information content (AvgIpc) is 3.32. The molecule has 10 nitrogen and oxygen atoms in total. The highest BCUT2D eigenvalue weighted by Crippen LogP contribution is 2.27. The van der Waals surface area contributed by atoms with Crippen molar-refractivity contribution in [1.82, 2.24) is 24.3 Å². The van der Waals surface area contributed by atoms with Crippen LogP contribution in [0.2, 0.25) is 0 Å². The summed E-state index contributed by atoms with van der Waals surface area (Å²) in [6, 6.07) is 7.58. The van der Waals surface area contributed by atoms with Gasteiger partial charge in [-0.15, -0.1) is 0 Å². The van der Waals surface area contributed by atoms with Crippen LogP contribution in [0.5, 0.6) is 5.75 Å². The predicted molar refractivity (Wildman–Crippen MR) is 145 cm³/mol. The van der Waals surface area contributed by atoms with Crippen molar-refractivity contribution < 1.29 is 36.8 Å². The lowest BCUT2D eigenvalue weighted by atomic mass is 9.97. The van der Waals surface area contributed by atoms with Crippen LogP contribution in [0.3, 0.4) is 0 Å². The molecule has 1 amide bonds. The van der Waals surface area contributed by atoms with Gasteiger partial charge in [-0.05, 0) is 58.1 Å². The van der Waals surface area contributed by atoms with Crippen LogP contribution >= 0.6 is 0 Å². The predicted octanol–water partition coefficient (Wildman–Crippen LogP) is 3.77. The zero-order chi connectivity index (χ0) is 29.7. The van der Waals surface area contributed by atoms with Crippen molar-refractivity contribution >= 4 is 34.2 Å². The minimum atomic E-state index is -4.51. The Morgan fingerprint density at radius 1 is 1.20 bits per heavy atom. The van der Waals surface area contributed by atoms with Crippen molar-refractivity contribution in [3.8, 4) is 5.75 Å². The number of esters is 1. The second kappa shape index (κ2) is 13.1. The van der Waals surface area contributed by atoms with Crippen LogP contribution in [0.15, 0.2) is 41.7 Å². The number of halogens is 3. The smallest absolute Gasteiger partial charge is 0.422 e. The number of fused-ring (bicyclic) bond motifs is 1. The number of para-hydroxylation sites is 2. The number of carbonyl (C=O) groups is 2. The van der Waals surface area contributed by atoms with Gasteiger partial charge in [-0.2, -0.15) is 18.2 Å². The molecule has 1 aliphatic heterocycles. The molecule has 1 unspecified atom stereocenters. The second-order valence-electron chi connectivity index (χ2n) is 9.94. The number of ether oxygens (including phenoxy) is 2. The maximum absolute atomic E-state index is 13.5. The van der Waals surface area contributed by atoms with Crippen molar-refractivity contribution in [3.63, 3.8) is 0 Å². The summed E-state index contributed by atoms with van der Waals surface area (Å²) in [7, 11) is 3.55. The molecule has 14 heteroatoms. The fraction of sp³-hybridized carbons (Fsp3) is 0.481. The number of piperidine rings is 1. The number of likely N-dealkylation sites (tertiary alicyclic amines) is 1. The number of imidazole rings is 1. The molecule has 0 aliphatic carbocycles. The van der Waals surface area contributed by atoms with Crippen molar-refractivity contribution in [3.05, 3.63) is 47.8 Å². The van der Waals surface area contributed by atoms with Crippen LogP contribution < -0.4 is 4.74 Å². The lowest BCUT2D eigenvalue weighted by Crippen LogP contribution is -2.37. The minimum Gasteiger partial charge on any atom is -0.609 e. The molecular weight excluding hydrogens is 563 g/mol. The number of hydrogen-bond acceptors (Lipinski definition) is 8. The monoisotopic (exact) mass is 595 g/mol. The summed E-state index contributed by atoms with van der Waals surface area (Å²) >= 11 is -1.90. The van der Waals surface area contributed by atoms with E-state index >= 15 is 0 Å². The van der Waals surface area contributed by atoms with Crippen LogP contribution in [0.25, 0.3) is 11.0 Å². The van der Waals surface area contributed by atoms with E-state index in [1.165, 1.54) is 28.7 Å². The maximum Gasteiger partial charge on any atom is 0.422 e. The molecule has 1 aromatic carbocycles. The number of alkyl halides is 3. The SMILES string of the molecule is Cc1c(OCC(F)(F)F)ccnc1C[S+]([O-])c1nc2ccccc2n1C(=O)N(C)CCOC(=O)C1CCN(C)CC1. The molecule has 2 aromatic heterocycles. The minimum absolute atomic E-state index is 0.00625. The molecule has 0 N–H and O–H groups in total. The fourth-order valence-corrected chi connectivity index (χ4v) is 5.71. The third kappa shape index (κ3) is 7.68. The van der Waals surface area contributed by atoms with Crippen LogP contribution in [-0.2, 0) is 26.5 Å². The zero-order valence-corrected chi connectivity index (χ0v) is 23.8. The van der Waals surface area contributed by atoms with E-state index in [9.17, 15) is 27.3 Å². The Kier molecular flexibility index (Phi) is 9.76. The van der Waals surface area contributed by atoms with Crippen molar-refractivity contribution in [2.45, 2.75) is 36.9 Å². The molecule has 1 aliphatic rings. The van der Waals surface area contributed by atoms with Crippen LogP contribution in [0, 0.1) is 12.8 Å². The maximum atomic E-state index is 13.5. The molecule has 41 heavy (non-hydrogen) atoms. The summed E-state index contributed by atoms with van der Waals surface area (Å²) in [5.74, 6) is -0.668. The van der Waals surface area contributed by atoms with Gasteiger partial charge in [0.15, 0.2) is 12.4 Å². The molecule has 0 spiro atoms. The van der Waals surface area contributed by atoms with Crippen LogP contribution in [0.1, 0.15) is 24.1 Å². The van der Waals surface area contributed by atoms with Crippen LogP contribution in [-0.4, -0.2) is 94.0 Å². The number of pyridine rings is 1. The van der Waals surface area contributed by atoms with Gasteiger partial charge in [0.2, 0.25) is 0 Å². The highest BCUT2D eigenvalue weighted by atomic mass is 32.2. The van der Waals surface area contributed by atoms with Gasteiger partial charge < -0.3 is 23.8 Å². The van der Waals surface area contributed by atoms with Gasteiger partial charge in [0.05, 0.1) is 29.2 Å². The average molecular weight is 596 g/mol. The van der Waals surface area contributed by atoms with E-state index in [2.05, 4.69) is 14.9 Å². The topological polar surface area (TPSA) is 113 Å². The third-order valence-corrected chi connectivity index (χ3v) is 8.11. The number of amides is 1. The molecule has 0 radical (unpaired) electrons. The first-order valence-electron chi connectivity index (χ1n) is 13.0. The molecule has 0 saturated carbocycles. The van der Waals surface area contributed by atoms with Crippen molar-refractivity contribution in [2.75, 3.05) is 46.9 Å². The first-order chi connectivity index (χ1) is 19.4. The Hall–Kier alpha value is -3.36. The number of likely N-dealkylation sites (N-methyl/N-ethyl adjacent to an activating group) is 1. The van der Waals surface area contributed by atoms with E-state index in [4.69, 9.17) is 9.47 Å². The summed E-state index contributed by atoms with van der Waals surface area (Å²) in [5.41, 5.74) is 1.44. The third-order valence-electron chi connectivity index (χ3n) is 6.89. The second-order valence-corrected chi connectivity index (χ2v) is 11.3. The van der Waals surface area contributed by atoms with E-state index in [1.807, 2.05) is 7.05 Å². The van der Waals surface area contributed by atoms with Crippen LogP contribution in [0.4, 0.5) is 18.0 Å². The Bertz CT molecular complexity index is 1380. The van der Waals surface area contributed by atoms with Gasteiger partial charge in [0, 0.05) is 30.0 Å². The van der Waals surface area contributed by atoms with E-state index < -0.39 is 30.0 Å². The van der Waals surface area contributed by atoms with E-state index in [0.717, 1.165) is 25.9 Å². The highest BCUT2D eigenvalue weighted by Gasteiger charge is 2.31. The summed E-state index contributed by atoms with van der Waals surface area (Å²) < 4.78 is 63.0. The highest BCUT2D eigenvalue weighted by molar-refractivity contribution is 7.90. The van der Waals surface area contributed by atoms with Gasteiger partial charge in [0.1, 0.15) is 12.4 Å². The number of hydrogen-bond donors (Lipinski definition) is 0. The zero-order valence-electron chi connectivity index (χ0n) is 23.0. The van der Waals surface area contributed by atoms with Crippen molar-refractivity contribution in [1.29, 1.82) is 0 Å². The largest absolute Gasteiger partial charge is 0.609 e. The fourth-order valence-electron chi connectivity index (χ4n) is 4.46. The van der Waals surface area contributed by atoms with Crippen molar-refractivity contribution in [2.24, 2.45) is 5.92 Å². The molecule has 4 rings (SSSR count). The summed E-state index contributed by atoms with van der Waals surface area (Å²) in [6.07, 6.45) is -1.78. The molecule has 0 bridgehead atoms. The number of aromatic nitrogens is 3. The molecule has 3 heterocycles. The van der Waals surface area contributed by atoms with E-state index in [0.29, 0.717) is 16.6 Å². The van der Waals surface area contributed by atoms with E-state index in [1.54, 1.807) is 31.3 Å². The Balaban J connectivity index is 1.47. The first-order valence-corrected chi connectivity index (χ1v) is 14.4. The lowest BCUT2D eigenvalue weighted by molar-refractivity contribution is -0.153. The van der Waals surface area contributed by atoms with Gasteiger partial charge in [0.25, 0.3) is 0 Å². The number of rotatable bonds is 9. The molecule has 1 fully saturated rings. The summed E-state index contributed by atoms with van der Waals surface area (Å²) in [4.78, 5) is 38.1. The molecule has 1 atom stereocenters. The summed E-state index contributed by atoms with van der Waals surface area (Å²) in [5, 5.41) is -0.0332. The lowest BCUT2D eigenvalue weighted by Gasteiger charge is -2.27. The molecule has 3 aromatic rings. The summed E-state index contributed by atoms with van der Waals surface area (Å²) in [6.45, 7) is 1.82. The number of nitrogens with zero attached hydrogens (tertiary/aromatic N) is 5. The van der Waals surface area contributed by atoms with Gasteiger partial charge in [-0.25, -0.2) is 9.36 Å². The Morgan fingerprint density at radius 3 is 2.61 bits per heavy atom. The quantitative estimate of drug-likeness (QED) is 0.272. The molecule has 222 valence electrons. The first kappa shape index (κ1) is 30.6. The molecule has 1 saturated heterocycles. The number of carbonyl (C=O) groups excluding carboxylic acids is 2. The van der Waals surface area contributed by atoms with E-state index in [-0.39, 0.29) is 47.4 Å². The standard InChI is InChI=1S/C27H32F3N5O5S/c1-18-21(31-11-8-23(18)40-17-27(28,29)30)16-41(38)25-32-20-6-4-5-7-22(20)35(25)26(37)34(3)14-15-39-24(36)19-9-12-33(2)13-10-19/h4-8,11,19H,9-10,12-17H2,1-3H3. The number of benzene rings is 1. The Morgan fingerprint density at radius 2 is 1.90 bits per heavy atom. The van der Waals surface area contributed by atoms with Gasteiger partial charge in [-0.1, -0.05) is 12.1 Å². The Labute approximate surface area is 238 Å². The van der Waals surface area contributed by atoms with Gasteiger partial charge >= 0.3 is 23.3 Å².